The van der Waals surface area contributed by atoms with Crippen molar-refractivity contribution in [2.24, 2.45) is 10.8 Å². The van der Waals surface area contributed by atoms with E-state index < -0.39 is 11.8 Å². The van der Waals surface area contributed by atoms with Crippen LogP contribution in [0.25, 0.3) is 5.82 Å². The van der Waals surface area contributed by atoms with E-state index in [0.717, 1.165) is 11.3 Å². The number of rotatable bonds is 9. The van der Waals surface area contributed by atoms with Gasteiger partial charge in [0, 0.05) is 25.5 Å². The van der Waals surface area contributed by atoms with Gasteiger partial charge < -0.3 is 21.7 Å². The second-order valence-corrected chi connectivity index (χ2v) is 7.72. The van der Waals surface area contributed by atoms with Gasteiger partial charge in [0.2, 0.25) is 11.6 Å². The van der Waals surface area contributed by atoms with Crippen molar-refractivity contribution in [2.45, 2.75) is 6.54 Å². The largest absolute Gasteiger partial charge is 0.379 e. The van der Waals surface area contributed by atoms with E-state index in [1.165, 1.54) is 10.9 Å². The summed E-state index contributed by atoms with van der Waals surface area (Å²) in [4.78, 5) is 26.7. The van der Waals surface area contributed by atoms with E-state index in [-0.39, 0.29) is 35.1 Å². The van der Waals surface area contributed by atoms with Gasteiger partial charge in [-0.3, -0.25) is 9.59 Å². The molecule has 0 radical (unpaired) electrons. The predicted molar refractivity (Wildman–Crippen MR) is 132 cm³/mol. The number of nitrogens with two attached hydrogens (primary N) is 2. The number of nitrogen functional groups attached to an aromatic ring is 1. The van der Waals surface area contributed by atoms with Crippen molar-refractivity contribution in [3.05, 3.63) is 71.0 Å². The summed E-state index contributed by atoms with van der Waals surface area (Å²) in [5, 5.41) is 22.3. The van der Waals surface area contributed by atoms with Crippen LogP contribution in [0.2, 0.25) is 0 Å². The molecule has 36 heavy (non-hydrogen) atoms. The summed E-state index contributed by atoms with van der Waals surface area (Å²) in [6.45, 7) is 0.00204. The Balaban J connectivity index is 1.57. The third-order valence-electron chi connectivity index (χ3n) is 5.10. The zero-order valence-corrected chi connectivity index (χ0v) is 19.4. The Labute approximate surface area is 204 Å². The van der Waals surface area contributed by atoms with Crippen LogP contribution >= 0.6 is 0 Å². The van der Waals surface area contributed by atoms with Gasteiger partial charge in [0.15, 0.2) is 5.69 Å². The molecule has 184 valence electrons. The highest BCUT2D eigenvalue weighted by Crippen LogP contribution is 2.20. The number of benzene rings is 2. The molecule has 0 atom stereocenters. The Hall–Kier alpha value is -5.27. The lowest BCUT2D eigenvalue weighted by molar-refractivity contribution is 0.0947. The highest BCUT2D eigenvalue weighted by molar-refractivity contribution is 5.98. The number of primary amides is 1. The van der Waals surface area contributed by atoms with Crippen molar-refractivity contribution in [3.63, 3.8) is 0 Å². The average molecular weight is 490 g/mol. The van der Waals surface area contributed by atoms with E-state index in [4.69, 9.17) is 11.5 Å². The maximum atomic E-state index is 12.9. The second kappa shape index (κ2) is 10.3. The minimum Gasteiger partial charge on any atom is -0.379 e. The predicted octanol–water partition coefficient (Wildman–Crippen LogP) is 0.773. The molecule has 14 nitrogen and oxygen atoms in total. The Kier molecular flexibility index (Phi) is 6.85. The maximum absolute atomic E-state index is 12.9. The smallest absolute Gasteiger partial charge is 0.293 e. The summed E-state index contributed by atoms with van der Waals surface area (Å²) in [7, 11) is 3.89. The van der Waals surface area contributed by atoms with E-state index in [2.05, 4.69) is 41.1 Å². The molecule has 4 rings (SSSR count). The molecule has 0 aliphatic rings. The third-order valence-corrected chi connectivity index (χ3v) is 5.10. The number of nitrogens with one attached hydrogen (secondary N) is 2. The molecule has 4 aromatic rings. The van der Waals surface area contributed by atoms with Gasteiger partial charge >= 0.3 is 0 Å². The zero-order chi connectivity index (χ0) is 25.7. The van der Waals surface area contributed by atoms with Crippen molar-refractivity contribution in [3.8, 4) is 5.82 Å². The summed E-state index contributed by atoms with van der Waals surface area (Å²) < 4.78 is 5.87. The standard InChI is InChI=1S/C22H23N11O3/c1-32(2)14-9-7-13(8-10-14)11-26-28-22(35)18-17(33(31-27-18)21-19(23)29-36-30-21)12-25-16-6-4-3-5-15(16)20(24)34/h3-11,25H,12H2,1-2H3,(H2,23,29)(H2,24,34)(H,28,35)/b26-11-. The SMILES string of the molecule is CN(C)c1ccc(/C=N\NC(=O)c2nnn(-c3nonc3N)c2CNc2ccccc2C(N)=O)cc1. The summed E-state index contributed by atoms with van der Waals surface area (Å²) in [5.41, 5.74) is 16.5. The van der Waals surface area contributed by atoms with Gasteiger partial charge in [-0.25, -0.2) is 10.1 Å². The topological polar surface area (TPSA) is 195 Å². The fourth-order valence-electron chi connectivity index (χ4n) is 3.25. The van der Waals surface area contributed by atoms with E-state index in [1.54, 1.807) is 24.3 Å². The quantitative estimate of drug-likeness (QED) is 0.192. The van der Waals surface area contributed by atoms with Crippen molar-refractivity contribution in [1.29, 1.82) is 0 Å². The first-order chi connectivity index (χ1) is 17.3. The molecule has 6 N–H and O–H groups in total. The van der Waals surface area contributed by atoms with Gasteiger partial charge in [0.1, 0.15) is 0 Å². The molecule has 2 aromatic heterocycles. The fraction of sp³-hybridized carbons (Fsp3) is 0.136. The van der Waals surface area contributed by atoms with Crippen molar-refractivity contribution in [2.75, 3.05) is 30.0 Å². The molecular formula is C22H23N11O3. The zero-order valence-electron chi connectivity index (χ0n) is 19.4. The minimum atomic E-state index is -0.627. The molecule has 0 saturated heterocycles. The van der Waals surface area contributed by atoms with Gasteiger partial charge in [0.05, 0.1) is 24.0 Å². The lowest BCUT2D eigenvalue weighted by Gasteiger charge is -2.11. The number of carbonyl (C=O) groups is 2. The van der Waals surface area contributed by atoms with Crippen molar-refractivity contribution >= 4 is 35.2 Å². The maximum Gasteiger partial charge on any atom is 0.293 e. The molecule has 2 heterocycles. The van der Waals surface area contributed by atoms with Gasteiger partial charge in [0.25, 0.3) is 11.8 Å². The molecule has 2 aromatic carbocycles. The lowest BCUT2D eigenvalue weighted by atomic mass is 10.1. The summed E-state index contributed by atoms with van der Waals surface area (Å²) in [6, 6.07) is 14.3. The van der Waals surface area contributed by atoms with E-state index in [1.807, 2.05) is 43.3 Å². The molecular weight excluding hydrogens is 466 g/mol. The van der Waals surface area contributed by atoms with Gasteiger partial charge in [-0.15, -0.1) is 5.10 Å². The molecule has 0 aliphatic heterocycles. The van der Waals surface area contributed by atoms with E-state index >= 15 is 0 Å². The van der Waals surface area contributed by atoms with Gasteiger partial charge in [-0.05, 0) is 40.1 Å². The highest BCUT2D eigenvalue weighted by atomic mass is 16.6. The number of hydrogen-bond donors (Lipinski definition) is 4. The monoisotopic (exact) mass is 489 g/mol. The highest BCUT2D eigenvalue weighted by Gasteiger charge is 2.24. The van der Waals surface area contributed by atoms with Crippen LogP contribution in [0, 0.1) is 0 Å². The van der Waals surface area contributed by atoms with Crippen molar-refractivity contribution in [1.82, 2.24) is 30.7 Å². The van der Waals surface area contributed by atoms with Crippen molar-refractivity contribution < 1.29 is 14.2 Å². The Bertz CT molecular complexity index is 1410. The number of anilines is 3. The minimum absolute atomic E-state index is 0.00204. The second-order valence-electron chi connectivity index (χ2n) is 7.72. The Morgan fingerprint density at radius 3 is 2.56 bits per heavy atom. The van der Waals surface area contributed by atoms with Crippen LogP contribution in [0.15, 0.2) is 58.3 Å². The first-order valence-electron chi connectivity index (χ1n) is 10.6. The molecule has 0 unspecified atom stereocenters. The van der Waals surface area contributed by atoms with Crippen LogP contribution in [0.1, 0.15) is 32.1 Å². The first kappa shape index (κ1) is 23.9. The Morgan fingerprint density at radius 2 is 1.89 bits per heavy atom. The Morgan fingerprint density at radius 1 is 1.14 bits per heavy atom. The first-order valence-corrected chi connectivity index (χ1v) is 10.6. The van der Waals surface area contributed by atoms with Crippen LogP contribution in [0.4, 0.5) is 17.2 Å². The molecule has 2 amide bonds. The number of carbonyl (C=O) groups excluding carboxylic acids is 2. The molecule has 0 spiro atoms. The number of hydrazone groups is 1. The number of nitrogens with zero attached hydrogens (tertiary/aromatic N) is 7. The molecule has 0 aliphatic carbocycles. The number of aromatic nitrogens is 5. The van der Waals surface area contributed by atoms with Crippen LogP contribution in [-0.2, 0) is 6.54 Å². The van der Waals surface area contributed by atoms with E-state index in [0.29, 0.717) is 5.69 Å². The van der Waals surface area contributed by atoms with Crippen LogP contribution in [0.3, 0.4) is 0 Å². The number of amides is 2. The summed E-state index contributed by atoms with van der Waals surface area (Å²) in [6.07, 6.45) is 1.50. The number of para-hydroxylation sites is 1. The third kappa shape index (κ3) is 5.11. The summed E-state index contributed by atoms with van der Waals surface area (Å²) >= 11 is 0. The molecule has 0 saturated carbocycles. The molecule has 14 heteroatoms. The van der Waals surface area contributed by atoms with Crippen LogP contribution in [-0.4, -0.2) is 57.4 Å². The average Bonchev–Trinajstić information content (AvgIpc) is 3.48. The van der Waals surface area contributed by atoms with Gasteiger partial charge in [-0.1, -0.05) is 29.5 Å². The molecule has 0 bridgehead atoms. The van der Waals surface area contributed by atoms with E-state index in [9.17, 15) is 9.59 Å². The number of hydrogen-bond acceptors (Lipinski definition) is 11. The fourth-order valence-corrected chi connectivity index (χ4v) is 3.25. The van der Waals surface area contributed by atoms with Crippen LogP contribution in [0.5, 0.6) is 0 Å². The normalized spacial score (nSPS) is 10.9. The lowest BCUT2D eigenvalue weighted by Crippen LogP contribution is -2.22. The summed E-state index contributed by atoms with van der Waals surface area (Å²) in [5.74, 6) is -1.24. The molecule has 0 fully saturated rings. The van der Waals surface area contributed by atoms with Crippen LogP contribution < -0.4 is 27.1 Å². The van der Waals surface area contributed by atoms with Gasteiger partial charge in [-0.2, -0.15) is 9.78 Å².